The van der Waals surface area contributed by atoms with Crippen LogP contribution in [0.2, 0.25) is 0 Å². The van der Waals surface area contributed by atoms with Gasteiger partial charge in [0.1, 0.15) is 0 Å². The lowest BCUT2D eigenvalue weighted by Crippen LogP contribution is -2.22. The van der Waals surface area contributed by atoms with E-state index < -0.39 is 0 Å². The van der Waals surface area contributed by atoms with E-state index in [-0.39, 0.29) is 0 Å². The molecule has 1 aliphatic rings. The van der Waals surface area contributed by atoms with E-state index in [1.165, 1.54) is 18.4 Å². The number of allylic oxidation sites excluding steroid dienone is 1. The summed E-state index contributed by atoms with van der Waals surface area (Å²) in [5.41, 5.74) is 9.21. The average Bonchev–Trinajstić information content (AvgIpc) is 2.30. The minimum atomic E-state index is 0.349. The van der Waals surface area contributed by atoms with E-state index >= 15 is 0 Å². The van der Waals surface area contributed by atoms with Gasteiger partial charge in [-0.15, -0.1) is 0 Å². The summed E-state index contributed by atoms with van der Waals surface area (Å²) in [6.45, 7) is 9.05. The maximum Gasteiger partial charge on any atom is 0.0261 e. The molecular formula is C11H21N. The second-order valence-corrected chi connectivity index (χ2v) is 4.44. The summed E-state index contributed by atoms with van der Waals surface area (Å²) in [7, 11) is 0. The van der Waals surface area contributed by atoms with Crippen molar-refractivity contribution in [2.45, 2.75) is 46.6 Å². The second-order valence-electron chi connectivity index (χ2n) is 4.44. The van der Waals surface area contributed by atoms with E-state index in [2.05, 4.69) is 27.7 Å². The van der Waals surface area contributed by atoms with Crippen LogP contribution < -0.4 is 5.73 Å². The molecule has 0 saturated carbocycles. The average molecular weight is 167 g/mol. The molecule has 1 nitrogen and oxygen atoms in total. The Bertz CT molecular complexity index is 189. The van der Waals surface area contributed by atoms with E-state index in [1.54, 1.807) is 5.57 Å². The van der Waals surface area contributed by atoms with Gasteiger partial charge in [-0.25, -0.2) is 0 Å². The summed E-state index contributed by atoms with van der Waals surface area (Å²) in [6, 6.07) is 0.349. The zero-order valence-electron chi connectivity index (χ0n) is 8.72. The molecule has 70 valence electrons. The van der Waals surface area contributed by atoms with Crippen molar-refractivity contribution < 1.29 is 0 Å². The van der Waals surface area contributed by atoms with Crippen molar-refractivity contribution in [2.24, 2.45) is 17.6 Å². The lowest BCUT2D eigenvalue weighted by Gasteiger charge is -2.17. The molecule has 1 rings (SSSR count). The Morgan fingerprint density at radius 2 is 1.75 bits per heavy atom. The lowest BCUT2D eigenvalue weighted by atomic mass is 9.92. The van der Waals surface area contributed by atoms with Gasteiger partial charge in [-0.05, 0) is 24.7 Å². The first-order chi connectivity index (χ1) is 5.54. The van der Waals surface area contributed by atoms with Crippen LogP contribution in [0.3, 0.4) is 0 Å². The van der Waals surface area contributed by atoms with E-state index in [0.29, 0.717) is 17.9 Å². The highest BCUT2D eigenvalue weighted by molar-refractivity contribution is 5.28. The highest BCUT2D eigenvalue weighted by atomic mass is 14.7. The summed E-state index contributed by atoms with van der Waals surface area (Å²) in [4.78, 5) is 0. The number of nitrogens with two attached hydrogens (primary N) is 1. The predicted molar refractivity (Wildman–Crippen MR) is 53.9 cm³/mol. The Labute approximate surface area is 76.0 Å². The van der Waals surface area contributed by atoms with Crippen LogP contribution in [0.25, 0.3) is 0 Å². The third-order valence-corrected chi connectivity index (χ3v) is 2.81. The summed E-state index contributed by atoms with van der Waals surface area (Å²) >= 11 is 0. The SMILES string of the molecule is CC(C)C1=C(C(C)C)C(N)CC1. The zero-order chi connectivity index (χ0) is 9.30. The molecule has 0 aromatic rings. The van der Waals surface area contributed by atoms with Gasteiger partial charge in [0.2, 0.25) is 0 Å². The van der Waals surface area contributed by atoms with Crippen molar-refractivity contribution in [1.82, 2.24) is 0 Å². The summed E-state index contributed by atoms with van der Waals surface area (Å²) in [5.74, 6) is 1.33. The van der Waals surface area contributed by atoms with Crippen LogP contribution in [-0.2, 0) is 0 Å². The third-order valence-electron chi connectivity index (χ3n) is 2.81. The Balaban J connectivity index is 2.90. The third kappa shape index (κ3) is 1.71. The summed E-state index contributed by atoms with van der Waals surface area (Å²) < 4.78 is 0. The molecule has 1 atom stereocenters. The van der Waals surface area contributed by atoms with E-state index in [1.807, 2.05) is 0 Å². The molecule has 0 amide bonds. The highest BCUT2D eigenvalue weighted by Crippen LogP contribution is 2.34. The molecule has 2 N–H and O–H groups in total. The number of hydrogen-bond donors (Lipinski definition) is 1. The molecule has 1 aliphatic carbocycles. The number of rotatable bonds is 2. The molecule has 0 aromatic carbocycles. The molecule has 0 spiro atoms. The molecule has 1 unspecified atom stereocenters. The van der Waals surface area contributed by atoms with Crippen molar-refractivity contribution in [3.63, 3.8) is 0 Å². The Hall–Kier alpha value is -0.300. The molecule has 1 heteroatoms. The van der Waals surface area contributed by atoms with Gasteiger partial charge >= 0.3 is 0 Å². The van der Waals surface area contributed by atoms with Gasteiger partial charge in [0.25, 0.3) is 0 Å². The number of hydrogen-bond acceptors (Lipinski definition) is 1. The fourth-order valence-electron chi connectivity index (χ4n) is 2.27. The van der Waals surface area contributed by atoms with Crippen molar-refractivity contribution in [3.8, 4) is 0 Å². The molecule has 0 aliphatic heterocycles. The van der Waals surface area contributed by atoms with Crippen LogP contribution in [0.15, 0.2) is 11.1 Å². The minimum absolute atomic E-state index is 0.349. The zero-order valence-corrected chi connectivity index (χ0v) is 8.72. The monoisotopic (exact) mass is 167 g/mol. The quantitative estimate of drug-likeness (QED) is 0.629. The molecule has 0 bridgehead atoms. The second kappa shape index (κ2) is 3.61. The standard InChI is InChI=1S/C11H21N/c1-7(2)9-5-6-10(12)11(9)8(3)4/h7-8,10H,5-6,12H2,1-4H3. The summed E-state index contributed by atoms with van der Waals surface area (Å²) in [6.07, 6.45) is 2.40. The topological polar surface area (TPSA) is 26.0 Å². The van der Waals surface area contributed by atoms with E-state index in [4.69, 9.17) is 5.73 Å². The maximum absolute atomic E-state index is 6.05. The first kappa shape index (κ1) is 9.79. The van der Waals surface area contributed by atoms with Gasteiger partial charge in [0, 0.05) is 6.04 Å². The van der Waals surface area contributed by atoms with Crippen LogP contribution in [-0.4, -0.2) is 6.04 Å². The minimum Gasteiger partial charge on any atom is -0.324 e. The molecule has 0 saturated heterocycles. The van der Waals surface area contributed by atoms with Gasteiger partial charge in [0.15, 0.2) is 0 Å². The Morgan fingerprint density at radius 3 is 2.08 bits per heavy atom. The van der Waals surface area contributed by atoms with Gasteiger partial charge in [-0.1, -0.05) is 38.8 Å². The van der Waals surface area contributed by atoms with E-state index in [0.717, 1.165) is 0 Å². The van der Waals surface area contributed by atoms with Gasteiger partial charge in [-0.2, -0.15) is 0 Å². The summed E-state index contributed by atoms with van der Waals surface area (Å²) in [5, 5.41) is 0. The smallest absolute Gasteiger partial charge is 0.0261 e. The molecular weight excluding hydrogens is 146 g/mol. The van der Waals surface area contributed by atoms with Crippen molar-refractivity contribution in [1.29, 1.82) is 0 Å². The fourth-order valence-corrected chi connectivity index (χ4v) is 2.27. The van der Waals surface area contributed by atoms with Crippen molar-refractivity contribution >= 4 is 0 Å². The van der Waals surface area contributed by atoms with Gasteiger partial charge < -0.3 is 5.73 Å². The van der Waals surface area contributed by atoms with Crippen molar-refractivity contribution in [2.75, 3.05) is 0 Å². The normalized spacial score (nSPS) is 24.8. The van der Waals surface area contributed by atoms with Crippen LogP contribution >= 0.6 is 0 Å². The largest absolute Gasteiger partial charge is 0.324 e. The lowest BCUT2D eigenvalue weighted by molar-refractivity contribution is 0.648. The molecule has 12 heavy (non-hydrogen) atoms. The van der Waals surface area contributed by atoms with E-state index in [9.17, 15) is 0 Å². The first-order valence-electron chi connectivity index (χ1n) is 5.02. The predicted octanol–water partition coefficient (Wildman–Crippen LogP) is 2.72. The van der Waals surface area contributed by atoms with Crippen LogP contribution in [0.4, 0.5) is 0 Å². The molecule has 0 heterocycles. The molecule has 0 radical (unpaired) electrons. The molecule has 0 aromatic heterocycles. The Morgan fingerprint density at radius 1 is 1.17 bits per heavy atom. The van der Waals surface area contributed by atoms with Crippen LogP contribution in [0.5, 0.6) is 0 Å². The van der Waals surface area contributed by atoms with Gasteiger partial charge in [0.05, 0.1) is 0 Å². The van der Waals surface area contributed by atoms with Crippen LogP contribution in [0.1, 0.15) is 40.5 Å². The maximum atomic E-state index is 6.05. The van der Waals surface area contributed by atoms with Gasteiger partial charge in [-0.3, -0.25) is 0 Å². The Kier molecular flexibility index (Phi) is 2.94. The van der Waals surface area contributed by atoms with Crippen molar-refractivity contribution in [3.05, 3.63) is 11.1 Å². The first-order valence-corrected chi connectivity index (χ1v) is 5.02. The highest BCUT2D eigenvalue weighted by Gasteiger charge is 2.25. The fraction of sp³-hybridized carbons (Fsp3) is 0.818. The van der Waals surface area contributed by atoms with Crippen LogP contribution in [0, 0.1) is 11.8 Å². The molecule has 0 fully saturated rings.